The zero-order valence-corrected chi connectivity index (χ0v) is 13.4. The van der Waals surface area contributed by atoms with Gasteiger partial charge in [0, 0.05) is 25.4 Å². The molecule has 1 atom stereocenters. The Bertz CT molecular complexity index is 853. The number of aromatic nitrogens is 5. The van der Waals surface area contributed by atoms with Gasteiger partial charge in [-0.15, -0.1) is 0 Å². The summed E-state index contributed by atoms with van der Waals surface area (Å²) in [5, 5.41) is 11.4. The van der Waals surface area contributed by atoms with Gasteiger partial charge in [0.25, 0.3) is 5.91 Å². The summed E-state index contributed by atoms with van der Waals surface area (Å²) >= 11 is 0. The van der Waals surface area contributed by atoms with Gasteiger partial charge >= 0.3 is 0 Å². The van der Waals surface area contributed by atoms with Gasteiger partial charge < -0.3 is 4.90 Å². The molecule has 1 fully saturated rings. The molecule has 0 saturated carbocycles. The molecule has 2 aromatic heterocycles. The minimum absolute atomic E-state index is 0.0109. The Hall–Kier alpha value is -2.96. The van der Waals surface area contributed by atoms with E-state index in [-0.39, 0.29) is 11.9 Å². The average molecular weight is 322 g/mol. The summed E-state index contributed by atoms with van der Waals surface area (Å²) in [6, 6.07) is 9.75. The normalized spacial score (nSPS) is 17.4. The van der Waals surface area contributed by atoms with Gasteiger partial charge in [0.15, 0.2) is 5.82 Å². The lowest BCUT2D eigenvalue weighted by molar-refractivity contribution is 0.0730. The molecule has 0 spiro atoms. The number of likely N-dealkylation sites (tertiary alicyclic amines) is 1. The fourth-order valence-corrected chi connectivity index (χ4v) is 3.13. The Morgan fingerprint density at radius 3 is 2.88 bits per heavy atom. The Balaban J connectivity index is 1.59. The Labute approximate surface area is 139 Å². The maximum Gasteiger partial charge on any atom is 0.257 e. The Kier molecular flexibility index (Phi) is 3.60. The summed E-state index contributed by atoms with van der Waals surface area (Å²) < 4.78 is 1.64. The second-order valence-electron chi connectivity index (χ2n) is 5.97. The Morgan fingerprint density at radius 2 is 2.12 bits per heavy atom. The molecule has 1 aromatic carbocycles. The number of hydrogen-bond donors (Lipinski definition) is 1. The summed E-state index contributed by atoms with van der Waals surface area (Å²) in [5.74, 6) is 1.39. The fourth-order valence-electron chi connectivity index (χ4n) is 3.13. The molecule has 4 rings (SSSR count). The molecular formula is C17H18N6O. The first-order valence-electron chi connectivity index (χ1n) is 8.00. The van der Waals surface area contributed by atoms with Crippen molar-refractivity contribution in [3.63, 3.8) is 0 Å². The molecule has 3 heterocycles. The molecule has 7 nitrogen and oxygen atoms in total. The number of nitrogens with one attached hydrogen (secondary N) is 1. The van der Waals surface area contributed by atoms with Crippen LogP contribution in [0.4, 0.5) is 0 Å². The molecule has 1 saturated heterocycles. The van der Waals surface area contributed by atoms with Gasteiger partial charge in [-0.2, -0.15) is 10.2 Å². The van der Waals surface area contributed by atoms with Crippen LogP contribution in [0.1, 0.15) is 35.1 Å². The van der Waals surface area contributed by atoms with Crippen LogP contribution in [0.15, 0.2) is 42.7 Å². The number of amides is 1. The van der Waals surface area contributed by atoms with Gasteiger partial charge in [0.1, 0.15) is 5.82 Å². The number of carbonyl (C=O) groups is 1. The number of nitrogens with zero attached hydrogens (tertiary/aromatic N) is 5. The maximum absolute atomic E-state index is 12.7. The van der Waals surface area contributed by atoms with E-state index >= 15 is 0 Å². The first kappa shape index (κ1) is 14.6. The third-order valence-corrected chi connectivity index (χ3v) is 4.32. The summed E-state index contributed by atoms with van der Waals surface area (Å²) in [6.07, 6.45) is 5.19. The second-order valence-corrected chi connectivity index (χ2v) is 5.97. The van der Waals surface area contributed by atoms with Crippen molar-refractivity contribution in [3.8, 4) is 11.4 Å². The monoisotopic (exact) mass is 322 g/mol. The van der Waals surface area contributed by atoms with Crippen molar-refractivity contribution in [2.45, 2.75) is 18.9 Å². The molecule has 3 aromatic rings. The van der Waals surface area contributed by atoms with E-state index in [4.69, 9.17) is 0 Å². The van der Waals surface area contributed by atoms with Gasteiger partial charge in [-0.3, -0.25) is 14.6 Å². The van der Waals surface area contributed by atoms with Crippen molar-refractivity contribution in [1.82, 2.24) is 29.9 Å². The lowest BCUT2D eigenvalue weighted by atomic mass is 10.2. The van der Waals surface area contributed by atoms with E-state index in [0.29, 0.717) is 11.4 Å². The zero-order chi connectivity index (χ0) is 16.5. The SMILES string of the molecule is Cn1cc(C(=O)N2CCC[C@H]2c2nc(-c3ccccc3)n[nH]2)cn1. The molecule has 122 valence electrons. The molecule has 1 aliphatic heterocycles. The van der Waals surface area contributed by atoms with Crippen LogP contribution in [-0.4, -0.2) is 42.3 Å². The van der Waals surface area contributed by atoms with Crippen LogP contribution in [0.2, 0.25) is 0 Å². The van der Waals surface area contributed by atoms with Crippen molar-refractivity contribution in [2.75, 3.05) is 6.54 Å². The summed E-state index contributed by atoms with van der Waals surface area (Å²) in [7, 11) is 1.81. The quantitative estimate of drug-likeness (QED) is 0.801. The van der Waals surface area contributed by atoms with Crippen molar-refractivity contribution < 1.29 is 4.79 Å². The Morgan fingerprint density at radius 1 is 1.29 bits per heavy atom. The first-order valence-corrected chi connectivity index (χ1v) is 8.00. The molecule has 24 heavy (non-hydrogen) atoms. The van der Waals surface area contributed by atoms with E-state index < -0.39 is 0 Å². The van der Waals surface area contributed by atoms with Crippen LogP contribution in [0.25, 0.3) is 11.4 Å². The van der Waals surface area contributed by atoms with Crippen molar-refractivity contribution >= 4 is 5.91 Å². The molecule has 1 N–H and O–H groups in total. The number of aryl methyl sites for hydroxylation is 1. The largest absolute Gasteiger partial charge is 0.328 e. The molecule has 1 amide bonds. The standard InChI is InChI=1S/C17H18N6O/c1-22-11-13(10-18-22)17(24)23-9-5-8-14(23)16-19-15(20-21-16)12-6-3-2-4-7-12/h2-4,6-7,10-11,14H,5,8-9H2,1H3,(H,19,20,21)/t14-/m0/s1. The van der Waals surface area contributed by atoms with Gasteiger partial charge in [-0.05, 0) is 12.8 Å². The van der Waals surface area contributed by atoms with Crippen LogP contribution in [-0.2, 0) is 7.05 Å². The van der Waals surface area contributed by atoms with E-state index in [9.17, 15) is 4.79 Å². The molecule has 1 aliphatic rings. The van der Waals surface area contributed by atoms with Gasteiger partial charge in [-0.1, -0.05) is 30.3 Å². The summed E-state index contributed by atoms with van der Waals surface area (Å²) in [5.41, 5.74) is 1.57. The number of hydrogen-bond acceptors (Lipinski definition) is 4. The minimum atomic E-state index is -0.0670. The molecule has 0 radical (unpaired) electrons. The highest BCUT2D eigenvalue weighted by Crippen LogP contribution is 2.32. The molecular weight excluding hydrogens is 304 g/mol. The van der Waals surface area contributed by atoms with E-state index in [1.165, 1.54) is 0 Å². The van der Waals surface area contributed by atoms with Gasteiger partial charge in [-0.25, -0.2) is 4.98 Å². The highest BCUT2D eigenvalue weighted by Gasteiger charge is 2.33. The summed E-state index contributed by atoms with van der Waals surface area (Å²) in [6.45, 7) is 0.722. The third kappa shape index (κ3) is 2.58. The number of benzene rings is 1. The highest BCUT2D eigenvalue weighted by molar-refractivity contribution is 5.94. The minimum Gasteiger partial charge on any atom is -0.328 e. The van der Waals surface area contributed by atoms with E-state index in [1.807, 2.05) is 35.2 Å². The molecule has 0 bridgehead atoms. The lowest BCUT2D eigenvalue weighted by Gasteiger charge is -2.22. The summed E-state index contributed by atoms with van der Waals surface area (Å²) in [4.78, 5) is 19.2. The smallest absolute Gasteiger partial charge is 0.257 e. The van der Waals surface area contributed by atoms with Crippen molar-refractivity contribution in [2.24, 2.45) is 7.05 Å². The van der Waals surface area contributed by atoms with Crippen LogP contribution < -0.4 is 0 Å². The zero-order valence-electron chi connectivity index (χ0n) is 13.4. The number of rotatable bonds is 3. The molecule has 0 unspecified atom stereocenters. The maximum atomic E-state index is 12.7. The number of carbonyl (C=O) groups excluding carboxylic acids is 1. The van der Waals surface area contributed by atoms with Crippen molar-refractivity contribution in [3.05, 3.63) is 54.1 Å². The predicted octanol–water partition coefficient (Wildman–Crippen LogP) is 2.18. The van der Waals surface area contributed by atoms with E-state index in [2.05, 4.69) is 20.3 Å². The predicted molar refractivity (Wildman–Crippen MR) is 88.0 cm³/mol. The molecule has 0 aliphatic carbocycles. The lowest BCUT2D eigenvalue weighted by Crippen LogP contribution is -2.30. The van der Waals surface area contributed by atoms with Crippen LogP contribution in [0.3, 0.4) is 0 Å². The van der Waals surface area contributed by atoms with E-state index in [0.717, 1.165) is 30.8 Å². The third-order valence-electron chi connectivity index (χ3n) is 4.32. The van der Waals surface area contributed by atoms with Crippen LogP contribution in [0.5, 0.6) is 0 Å². The van der Waals surface area contributed by atoms with Gasteiger partial charge in [0.2, 0.25) is 0 Å². The topological polar surface area (TPSA) is 79.7 Å². The first-order chi connectivity index (χ1) is 11.7. The highest BCUT2D eigenvalue weighted by atomic mass is 16.2. The van der Waals surface area contributed by atoms with Crippen LogP contribution in [0, 0.1) is 0 Å². The van der Waals surface area contributed by atoms with Gasteiger partial charge in [0.05, 0.1) is 17.8 Å². The molecule has 7 heteroatoms. The number of H-pyrrole nitrogens is 1. The number of aromatic amines is 1. The van der Waals surface area contributed by atoms with Crippen molar-refractivity contribution in [1.29, 1.82) is 0 Å². The second kappa shape index (κ2) is 5.92. The van der Waals surface area contributed by atoms with Crippen LogP contribution >= 0.6 is 0 Å². The fraction of sp³-hybridized carbons (Fsp3) is 0.294. The van der Waals surface area contributed by atoms with E-state index in [1.54, 1.807) is 24.1 Å². The average Bonchev–Trinajstić information content (AvgIpc) is 3.34.